The minimum absolute atomic E-state index is 0.619. The summed E-state index contributed by atoms with van der Waals surface area (Å²) in [6.45, 7) is 6.20. The normalized spacial score (nSPS) is 13.1. The van der Waals surface area contributed by atoms with Crippen molar-refractivity contribution in [1.29, 1.82) is 0 Å². The average molecular weight is 269 g/mol. The molecule has 0 saturated heterocycles. The van der Waals surface area contributed by atoms with Gasteiger partial charge in [-0.1, -0.05) is 18.2 Å². The molecule has 0 unspecified atom stereocenters. The van der Waals surface area contributed by atoms with Gasteiger partial charge in [-0.25, -0.2) is 0 Å². The fraction of sp³-hybridized carbons (Fsp3) is 0.294. The van der Waals surface area contributed by atoms with Crippen LogP contribution in [0.5, 0.6) is 11.5 Å². The number of aryl methyl sites for hydroxylation is 2. The zero-order chi connectivity index (χ0) is 13.9. The Morgan fingerprint density at radius 1 is 1.00 bits per heavy atom. The third kappa shape index (κ3) is 2.72. The maximum Gasteiger partial charge on any atom is 0.166 e. The summed E-state index contributed by atoms with van der Waals surface area (Å²) in [6.07, 6.45) is 0. The van der Waals surface area contributed by atoms with E-state index in [0.29, 0.717) is 13.2 Å². The molecule has 2 aromatic rings. The van der Waals surface area contributed by atoms with E-state index in [0.717, 1.165) is 29.3 Å². The molecule has 0 aliphatic carbocycles. The first kappa shape index (κ1) is 12.9. The predicted octanol–water partition coefficient (Wildman–Crippen LogP) is 3.69. The number of anilines is 1. The van der Waals surface area contributed by atoms with Gasteiger partial charge < -0.3 is 14.8 Å². The molecule has 0 amide bonds. The van der Waals surface area contributed by atoms with Crippen LogP contribution in [0.2, 0.25) is 0 Å². The van der Waals surface area contributed by atoms with Crippen molar-refractivity contribution in [1.82, 2.24) is 0 Å². The van der Waals surface area contributed by atoms with Crippen LogP contribution in [-0.2, 0) is 6.54 Å². The molecule has 20 heavy (non-hydrogen) atoms. The Bertz CT molecular complexity index is 602. The highest BCUT2D eigenvalue weighted by Crippen LogP contribution is 2.34. The SMILES string of the molecule is Cc1cc(C)cc(NCc2cccc3c2OCCO3)c1. The van der Waals surface area contributed by atoms with Gasteiger partial charge in [0.1, 0.15) is 13.2 Å². The van der Waals surface area contributed by atoms with Crippen molar-refractivity contribution in [3.63, 3.8) is 0 Å². The lowest BCUT2D eigenvalue weighted by molar-refractivity contribution is 0.170. The van der Waals surface area contributed by atoms with Crippen LogP contribution in [0.15, 0.2) is 36.4 Å². The molecule has 0 bridgehead atoms. The van der Waals surface area contributed by atoms with Gasteiger partial charge >= 0.3 is 0 Å². The summed E-state index contributed by atoms with van der Waals surface area (Å²) in [5.74, 6) is 1.71. The van der Waals surface area contributed by atoms with Crippen molar-refractivity contribution in [2.24, 2.45) is 0 Å². The third-order valence-corrected chi connectivity index (χ3v) is 3.35. The Balaban J connectivity index is 1.78. The van der Waals surface area contributed by atoms with Gasteiger partial charge in [0.2, 0.25) is 0 Å². The van der Waals surface area contributed by atoms with Gasteiger partial charge in [-0.05, 0) is 43.2 Å². The first-order chi connectivity index (χ1) is 9.72. The predicted molar refractivity (Wildman–Crippen MR) is 80.7 cm³/mol. The van der Waals surface area contributed by atoms with Crippen molar-refractivity contribution in [3.8, 4) is 11.5 Å². The molecule has 104 valence electrons. The largest absolute Gasteiger partial charge is 0.486 e. The third-order valence-electron chi connectivity index (χ3n) is 3.35. The number of nitrogens with one attached hydrogen (secondary N) is 1. The number of hydrogen-bond acceptors (Lipinski definition) is 3. The smallest absolute Gasteiger partial charge is 0.166 e. The van der Waals surface area contributed by atoms with Gasteiger partial charge in [-0.2, -0.15) is 0 Å². The van der Waals surface area contributed by atoms with Crippen LogP contribution < -0.4 is 14.8 Å². The van der Waals surface area contributed by atoms with E-state index in [9.17, 15) is 0 Å². The quantitative estimate of drug-likeness (QED) is 0.922. The minimum Gasteiger partial charge on any atom is -0.486 e. The molecular formula is C17H19NO2. The molecule has 1 N–H and O–H groups in total. The van der Waals surface area contributed by atoms with Crippen molar-refractivity contribution in [2.75, 3.05) is 18.5 Å². The lowest BCUT2D eigenvalue weighted by atomic mass is 10.1. The van der Waals surface area contributed by atoms with Gasteiger partial charge in [-0.15, -0.1) is 0 Å². The van der Waals surface area contributed by atoms with Crippen molar-refractivity contribution >= 4 is 5.69 Å². The van der Waals surface area contributed by atoms with Crippen LogP contribution in [0, 0.1) is 13.8 Å². The van der Waals surface area contributed by atoms with E-state index >= 15 is 0 Å². The van der Waals surface area contributed by atoms with Gasteiger partial charge in [0.15, 0.2) is 11.5 Å². The lowest BCUT2D eigenvalue weighted by Gasteiger charge is -2.21. The summed E-state index contributed by atoms with van der Waals surface area (Å²) in [7, 11) is 0. The first-order valence-electron chi connectivity index (χ1n) is 6.92. The molecule has 0 atom stereocenters. The second-order valence-corrected chi connectivity index (χ2v) is 5.17. The molecule has 3 rings (SSSR count). The van der Waals surface area contributed by atoms with E-state index in [1.807, 2.05) is 12.1 Å². The molecule has 1 aliphatic heterocycles. The van der Waals surface area contributed by atoms with Gasteiger partial charge in [-0.3, -0.25) is 0 Å². The first-order valence-corrected chi connectivity index (χ1v) is 6.92. The Morgan fingerprint density at radius 2 is 1.75 bits per heavy atom. The molecule has 0 radical (unpaired) electrons. The van der Waals surface area contributed by atoms with Crippen molar-refractivity contribution < 1.29 is 9.47 Å². The molecule has 0 spiro atoms. The summed E-state index contributed by atoms with van der Waals surface area (Å²) in [4.78, 5) is 0. The lowest BCUT2D eigenvalue weighted by Crippen LogP contribution is -2.17. The molecule has 0 saturated carbocycles. The molecule has 1 aliphatic rings. The van der Waals surface area contributed by atoms with E-state index in [4.69, 9.17) is 9.47 Å². The van der Waals surface area contributed by atoms with Crippen LogP contribution in [0.25, 0.3) is 0 Å². The highest BCUT2D eigenvalue weighted by molar-refractivity contribution is 5.52. The van der Waals surface area contributed by atoms with E-state index in [2.05, 4.69) is 43.4 Å². The highest BCUT2D eigenvalue weighted by atomic mass is 16.6. The number of para-hydroxylation sites is 1. The maximum atomic E-state index is 5.73. The molecule has 2 aromatic carbocycles. The zero-order valence-corrected chi connectivity index (χ0v) is 11.9. The molecule has 3 heteroatoms. The number of fused-ring (bicyclic) bond motifs is 1. The van der Waals surface area contributed by atoms with Gasteiger partial charge in [0.05, 0.1) is 0 Å². The summed E-state index contributed by atoms with van der Waals surface area (Å²) in [5.41, 5.74) is 4.79. The number of ether oxygens (including phenoxy) is 2. The van der Waals surface area contributed by atoms with Crippen molar-refractivity contribution in [2.45, 2.75) is 20.4 Å². The van der Waals surface area contributed by atoms with Crippen LogP contribution in [0.1, 0.15) is 16.7 Å². The van der Waals surface area contributed by atoms with Gasteiger partial charge in [0.25, 0.3) is 0 Å². The number of benzene rings is 2. The Hall–Kier alpha value is -2.16. The Kier molecular flexibility index (Phi) is 3.50. The summed E-state index contributed by atoms with van der Waals surface area (Å²) < 4.78 is 11.3. The van der Waals surface area contributed by atoms with Crippen LogP contribution >= 0.6 is 0 Å². The second kappa shape index (κ2) is 5.45. The van der Waals surface area contributed by atoms with Crippen LogP contribution in [0.4, 0.5) is 5.69 Å². The summed E-state index contributed by atoms with van der Waals surface area (Å²) in [6, 6.07) is 12.5. The number of hydrogen-bond donors (Lipinski definition) is 1. The summed E-state index contributed by atoms with van der Waals surface area (Å²) in [5, 5.41) is 3.46. The average Bonchev–Trinajstić information content (AvgIpc) is 2.44. The fourth-order valence-electron chi connectivity index (χ4n) is 2.55. The van der Waals surface area contributed by atoms with E-state index in [1.54, 1.807) is 0 Å². The molecule has 0 aromatic heterocycles. The molecule has 3 nitrogen and oxygen atoms in total. The zero-order valence-electron chi connectivity index (χ0n) is 11.9. The topological polar surface area (TPSA) is 30.5 Å². The molecule has 0 fully saturated rings. The maximum absolute atomic E-state index is 5.73. The Morgan fingerprint density at radius 3 is 2.55 bits per heavy atom. The van der Waals surface area contributed by atoms with E-state index in [1.165, 1.54) is 11.1 Å². The second-order valence-electron chi connectivity index (χ2n) is 5.17. The monoisotopic (exact) mass is 269 g/mol. The van der Waals surface area contributed by atoms with E-state index in [-0.39, 0.29) is 0 Å². The van der Waals surface area contributed by atoms with Crippen LogP contribution in [0.3, 0.4) is 0 Å². The van der Waals surface area contributed by atoms with Gasteiger partial charge in [0, 0.05) is 17.8 Å². The van der Waals surface area contributed by atoms with Crippen molar-refractivity contribution in [3.05, 3.63) is 53.1 Å². The highest BCUT2D eigenvalue weighted by Gasteiger charge is 2.15. The minimum atomic E-state index is 0.619. The van der Waals surface area contributed by atoms with E-state index < -0.39 is 0 Å². The number of rotatable bonds is 3. The molecular weight excluding hydrogens is 250 g/mol. The van der Waals surface area contributed by atoms with Crippen LogP contribution in [-0.4, -0.2) is 13.2 Å². The Labute approximate surface area is 119 Å². The standard InChI is InChI=1S/C17H19NO2/c1-12-8-13(2)10-15(9-12)18-11-14-4-3-5-16-17(14)20-7-6-19-16/h3-5,8-10,18H,6-7,11H2,1-2H3. The fourth-order valence-corrected chi connectivity index (χ4v) is 2.55. The molecule has 1 heterocycles. The summed E-state index contributed by atoms with van der Waals surface area (Å²) >= 11 is 0.